The fraction of sp³-hybridized carbons (Fsp3) is 0.455. The van der Waals surface area contributed by atoms with Crippen LogP contribution in [-0.4, -0.2) is 12.6 Å². The normalized spacial score (nSPS) is 23.2. The molecule has 0 unspecified atom stereocenters. The molecule has 3 rings (SSSR count). The third kappa shape index (κ3) is 1.45. The van der Waals surface area contributed by atoms with E-state index in [4.69, 9.17) is 0 Å². The Morgan fingerprint density at radius 2 is 1.88 bits per heavy atom. The molecule has 1 fully saturated rings. The van der Waals surface area contributed by atoms with Crippen LogP contribution in [0, 0.1) is 0 Å². The van der Waals surface area contributed by atoms with Crippen molar-refractivity contribution in [1.29, 1.82) is 0 Å². The second-order valence-corrected chi connectivity index (χ2v) is 5.22. The van der Waals surface area contributed by atoms with Crippen molar-refractivity contribution in [3.05, 3.63) is 23.8 Å². The zero-order valence-electron chi connectivity index (χ0n) is 8.63. The van der Waals surface area contributed by atoms with Gasteiger partial charge in [0.25, 0.3) is 0 Å². The maximum Gasteiger partial charge on any atom is 0.586 e. The predicted molar refractivity (Wildman–Crippen MR) is 57.1 cm³/mol. The van der Waals surface area contributed by atoms with Gasteiger partial charge in [-0.25, -0.2) is 0 Å². The topological polar surface area (TPSA) is 18.5 Å². The van der Waals surface area contributed by atoms with Crippen molar-refractivity contribution in [3.63, 3.8) is 0 Å². The number of thioether (sulfide) groups is 1. The molecule has 1 aliphatic carbocycles. The average Bonchev–Trinajstić information content (AvgIpc) is 2.95. The Hall–Kier alpha value is -0.970. The van der Waals surface area contributed by atoms with Crippen molar-refractivity contribution in [2.45, 2.75) is 23.9 Å². The lowest BCUT2D eigenvalue weighted by Crippen LogP contribution is -2.25. The molecule has 0 radical (unpaired) electrons. The fourth-order valence-corrected chi connectivity index (χ4v) is 2.83. The molecule has 0 spiro atoms. The number of rotatable bonds is 2. The maximum atomic E-state index is 12.8. The van der Waals surface area contributed by atoms with Gasteiger partial charge in [-0.1, -0.05) is 6.07 Å². The first-order valence-corrected chi connectivity index (χ1v) is 6.23. The van der Waals surface area contributed by atoms with Gasteiger partial charge in [0.05, 0.1) is 0 Å². The third-order valence-corrected chi connectivity index (χ3v) is 4.45. The van der Waals surface area contributed by atoms with Gasteiger partial charge in [0, 0.05) is 4.75 Å². The lowest BCUT2D eigenvalue weighted by atomic mass is 10.1. The first-order valence-electron chi connectivity index (χ1n) is 5.00. The Morgan fingerprint density at radius 3 is 2.50 bits per heavy atom. The number of fused-ring (bicyclic) bond motifs is 1. The summed E-state index contributed by atoms with van der Waals surface area (Å²) in [4.78, 5) is 0. The van der Waals surface area contributed by atoms with E-state index in [1.54, 1.807) is 23.9 Å². The van der Waals surface area contributed by atoms with E-state index in [1.807, 2.05) is 12.3 Å². The molecule has 1 aromatic rings. The van der Waals surface area contributed by atoms with Crippen LogP contribution >= 0.6 is 11.8 Å². The second kappa shape index (κ2) is 3.03. The van der Waals surface area contributed by atoms with Crippen molar-refractivity contribution in [3.8, 4) is 11.5 Å². The lowest BCUT2D eigenvalue weighted by molar-refractivity contribution is -0.286. The van der Waals surface area contributed by atoms with E-state index in [9.17, 15) is 8.78 Å². The molecular weight excluding hydrogens is 234 g/mol. The summed E-state index contributed by atoms with van der Waals surface area (Å²) in [5.41, 5.74) is 1.04. The van der Waals surface area contributed by atoms with Crippen LogP contribution in [0.3, 0.4) is 0 Å². The van der Waals surface area contributed by atoms with Gasteiger partial charge in [-0.05, 0) is 36.8 Å². The summed E-state index contributed by atoms with van der Waals surface area (Å²) in [6.07, 6.45) is 0.692. The number of hydrogen-bond donors (Lipinski definition) is 0. The average molecular weight is 244 g/mol. The summed E-state index contributed by atoms with van der Waals surface area (Å²) in [6.45, 7) is 0. The summed E-state index contributed by atoms with van der Waals surface area (Å²) in [7, 11) is 0. The van der Waals surface area contributed by atoms with Crippen molar-refractivity contribution in [2.24, 2.45) is 0 Å². The van der Waals surface area contributed by atoms with Crippen LogP contribution in [0.1, 0.15) is 18.4 Å². The molecule has 2 nitrogen and oxygen atoms in total. The van der Waals surface area contributed by atoms with Crippen LogP contribution in [0.25, 0.3) is 0 Å². The fourth-order valence-electron chi connectivity index (χ4n) is 1.96. The molecule has 86 valence electrons. The molecule has 16 heavy (non-hydrogen) atoms. The van der Waals surface area contributed by atoms with E-state index in [1.165, 1.54) is 0 Å². The van der Waals surface area contributed by atoms with Gasteiger partial charge in [0.2, 0.25) is 0 Å². The van der Waals surface area contributed by atoms with Gasteiger partial charge in [-0.15, -0.1) is 8.78 Å². The highest BCUT2D eigenvalue weighted by atomic mass is 32.2. The molecule has 5 heteroatoms. The van der Waals surface area contributed by atoms with E-state index in [2.05, 4.69) is 9.47 Å². The van der Waals surface area contributed by atoms with E-state index >= 15 is 0 Å². The molecule has 0 aromatic heterocycles. The van der Waals surface area contributed by atoms with Crippen LogP contribution in [0.4, 0.5) is 8.78 Å². The van der Waals surface area contributed by atoms with Crippen LogP contribution in [0.15, 0.2) is 18.2 Å². The van der Waals surface area contributed by atoms with Crippen LogP contribution < -0.4 is 9.47 Å². The molecule has 2 aliphatic rings. The second-order valence-electron chi connectivity index (χ2n) is 4.03. The Kier molecular flexibility index (Phi) is 1.93. The summed E-state index contributed by atoms with van der Waals surface area (Å²) < 4.78 is 34.5. The molecule has 1 aromatic carbocycles. The summed E-state index contributed by atoms with van der Waals surface area (Å²) >= 11 is 1.75. The first kappa shape index (κ1) is 10.2. The van der Waals surface area contributed by atoms with Gasteiger partial charge >= 0.3 is 6.29 Å². The van der Waals surface area contributed by atoms with E-state index in [-0.39, 0.29) is 16.2 Å². The highest BCUT2D eigenvalue weighted by molar-refractivity contribution is 7.99. The van der Waals surface area contributed by atoms with Crippen molar-refractivity contribution in [2.75, 3.05) is 6.26 Å². The zero-order valence-corrected chi connectivity index (χ0v) is 9.44. The van der Waals surface area contributed by atoms with Crippen LogP contribution in [-0.2, 0) is 4.75 Å². The monoisotopic (exact) mass is 244 g/mol. The molecule has 0 N–H and O–H groups in total. The lowest BCUT2D eigenvalue weighted by Gasteiger charge is -2.12. The van der Waals surface area contributed by atoms with Gasteiger partial charge in [-0.2, -0.15) is 11.8 Å². The Bertz CT molecular complexity index is 444. The molecule has 0 atom stereocenters. The number of ether oxygens (including phenoxy) is 2. The predicted octanol–water partition coefficient (Wildman–Crippen LogP) is 3.36. The van der Waals surface area contributed by atoms with E-state index < -0.39 is 6.29 Å². The van der Waals surface area contributed by atoms with E-state index in [0.717, 1.165) is 18.4 Å². The largest absolute Gasteiger partial charge is 0.586 e. The van der Waals surface area contributed by atoms with Crippen molar-refractivity contribution in [1.82, 2.24) is 0 Å². The molecule has 0 saturated heterocycles. The smallest absolute Gasteiger partial charge is 0.395 e. The van der Waals surface area contributed by atoms with Gasteiger partial charge in [0.1, 0.15) is 0 Å². The van der Waals surface area contributed by atoms with Gasteiger partial charge in [0.15, 0.2) is 11.5 Å². The van der Waals surface area contributed by atoms with E-state index in [0.29, 0.717) is 0 Å². The summed E-state index contributed by atoms with van der Waals surface area (Å²) in [6, 6.07) is 5.06. The van der Waals surface area contributed by atoms with Crippen molar-refractivity contribution < 1.29 is 18.3 Å². The summed E-state index contributed by atoms with van der Waals surface area (Å²) in [5.74, 6) is 0.258. The third-order valence-electron chi connectivity index (χ3n) is 3.02. The van der Waals surface area contributed by atoms with Gasteiger partial charge < -0.3 is 9.47 Å². The minimum atomic E-state index is -3.52. The molecule has 1 aliphatic heterocycles. The Morgan fingerprint density at radius 1 is 1.19 bits per heavy atom. The minimum Gasteiger partial charge on any atom is -0.395 e. The maximum absolute atomic E-state index is 12.8. The Balaban J connectivity index is 1.97. The number of benzene rings is 1. The highest BCUT2D eigenvalue weighted by Gasteiger charge is 2.47. The molecule has 1 saturated carbocycles. The minimum absolute atomic E-state index is 0.107. The summed E-state index contributed by atoms with van der Waals surface area (Å²) in [5, 5.41) is 0. The highest BCUT2D eigenvalue weighted by Crippen LogP contribution is 2.57. The quantitative estimate of drug-likeness (QED) is 0.794. The molecular formula is C11H10F2O2S. The number of halogens is 2. The van der Waals surface area contributed by atoms with Crippen LogP contribution in [0.5, 0.6) is 11.5 Å². The van der Waals surface area contributed by atoms with Crippen LogP contribution in [0.2, 0.25) is 0 Å². The number of alkyl halides is 2. The van der Waals surface area contributed by atoms with Gasteiger partial charge in [-0.3, -0.25) is 0 Å². The number of hydrogen-bond acceptors (Lipinski definition) is 3. The Labute approximate surface area is 95.9 Å². The van der Waals surface area contributed by atoms with Crippen molar-refractivity contribution >= 4 is 11.8 Å². The molecule has 1 heterocycles. The standard InChI is InChI=1S/C11H10F2O2S/c1-16-10(4-5-10)7-2-3-8-9(6-7)15-11(12,13)14-8/h2-3,6H,4-5H2,1H3. The first-order chi connectivity index (χ1) is 7.55. The zero-order chi connectivity index (χ0) is 11.4. The molecule has 0 amide bonds. The SMILES string of the molecule is CSC1(c2ccc3c(c2)OC(F)(F)O3)CC1. The molecule has 0 bridgehead atoms.